The maximum atomic E-state index is 5.84. The molecular weight excluding hydrogens is 298 g/mol. The van der Waals surface area contributed by atoms with Crippen molar-refractivity contribution in [2.24, 2.45) is 0 Å². The molecule has 0 radical (unpaired) electrons. The summed E-state index contributed by atoms with van der Waals surface area (Å²) in [5, 5.41) is 4.12. The molecule has 17 heavy (non-hydrogen) atoms. The van der Waals surface area contributed by atoms with Crippen LogP contribution in [0.25, 0.3) is 0 Å². The van der Waals surface area contributed by atoms with Gasteiger partial charge in [-0.2, -0.15) is 0 Å². The molecule has 0 unspecified atom stereocenters. The van der Waals surface area contributed by atoms with Crippen molar-refractivity contribution in [2.45, 2.75) is 13.5 Å². The van der Waals surface area contributed by atoms with Gasteiger partial charge >= 0.3 is 0 Å². The number of halogens is 2. The summed E-state index contributed by atoms with van der Waals surface area (Å²) < 4.78 is 1.14. The maximum Gasteiger partial charge on any atom is 0.0411 e. The normalized spacial score (nSPS) is 10.3. The van der Waals surface area contributed by atoms with Crippen molar-refractivity contribution in [2.75, 3.05) is 5.32 Å². The summed E-state index contributed by atoms with van der Waals surface area (Å²) in [6, 6.07) is 14.1. The van der Waals surface area contributed by atoms with Crippen molar-refractivity contribution >= 4 is 33.2 Å². The zero-order chi connectivity index (χ0) is 12.3. The number of hydrogen-bond acceptors (Lipinski definition) is 1. The van der Waals surface area contributed by atoms with Crippen molar-refractivity contribution in [1.82, 2.24) is 0 Å². The van der Waals surface area contributed by atoms with E-state index in [-0.39, 0.29) is 0 Å². The van der Waals surface area contributed by atoms with Crippen molar-refractivity contribution in [3.63, 3.8) is 0 Å². The van der Waals surface area contributed by atoms with E-state index in [1.807, 2.05) is 24.3 Å². The number of benzene rings is 2. The minimum Gasteiger partial charge on any atom is -0.381 e. The molecule has 2 rings (SSSR count). The lowest BCUT2D eigenvalue weighted by atomic mass is 10.1. The Morgan fingerprint density at radius 2 is 1.82 bits per heavy atom. The predicted octanol–water partition coefficient (Wildman–Crippen LogP) is 5.02. The van der Waals surface area contributed by atoms with Crippen LogP contribution in [0, 0.1) is 6.92 Å². The molecule has 0 amide bonds. The molecule has 0 atom stereocenters. The summed E-state index contributed by atoms with van der Waals surface area (Å²) in [6.07, 6.45) is 0. The number of rotatable bonds is 3. The van der Waals surface area contributed by atoms with Crippen LogP contribution >= 0.6 is 27.5 Å². The Bertz CT molecular complexity index is 508. The average Bonchev–Trinajstić information content (AvgIpc) is 2.30. The third-order valence-electron chi connectivity index (χ3n) is 2.54. The van der Waals surface area contributed by atoms with Crippen LogP contribution in [-0.4, -0.2) is 0 Å². The van der Waals surface area contributed by atoms with Gasteiger partial charge in [-0.3, -0.25) is 0 Å². The maximum absolute atomic E-state index is 5.84. The number of anilines is 1. The van der Waals surface area contributed by atoms with Gasteiger partial charge in [0.1, 0.15) is 0 Å². The van der Waals surface area contributed by atoms with Gasteiger partial charge in [0, 0.05) is 21.7 Å². The topological polar surface area (TPSA) is 12.0 Å². The molecule has 0 bridgehead atoms. The van der Waals surface area contributed by atoms with Crippen LogP contribution in [0.2, 0.25) is 5.02 Å². The number of hydrogen-bond donors (Lipinski definition) is 1. The van der Waals surface area contributed by atoms with Crippen molar-refractivity contribution in [3.05, 3.63) is 63.1 Å². The molecule has 0 saturated carbocycles. The first kappa shape index (κ1) is 12.5. The van der Waals surface area contributed by atoms with E-state index in [9.17, 15) is 0 Å². The summed E-state index contributed by atoms with van der Waals surface area (Å²) in [4.78, 5) is 0. The Morgan fingerprint density at radius 1 is 1.12 bits per heavy atom. The zero-order valence-corrected chi connectivity index (χ0v) is 11.8. The SMILES string of the molecule is Cc1ccc(CNc2ccc(Cl)cc2)c(Br)c1. The van der Waals surface area contributed by atoms with Crippen molar-refractivity contribution < 1.29 is 0 Å². The second-order valence-electron chi connectivity index (χ2n) is 3.96. The minimum absolute atomic E-state index is 0.757. The molecule has 0 aliphatic carbocycles. The van der Waals surface area contributed by atoms with E-state index < -0.39 is 0 Å². The molecule has 2 aromatic carbocycles. The van der Waals surface area contributed by atoms with E-state index in [1.165, 1.54) is 11.1 Å². The summed E-state index contributed by atoms with van der Waals surface area (Å²) in [5.74, 6) is 0. The lowest BCUT2D eigenvalue weighted by molar-refractivity contribution is 1.13. The average molecular weight is 311 g/mol. The molecule has 0 heterocycles. The first-order valence-electron chi connectivity index (χ1n) is 5.39. The Balaban J connectivity index is 2.04. The van der Waals surface area contributed by atoms with Gasteiger partial charge in [-0.1, -0.05) is 39.7 Å². The fourth-order valence-electron chi connectivity index (χ4n) is 1.56. The van der Waals surface area contributed by atoms with Gasteiger partial charge in [-0.15, -0.1) is 0 Å². The minimum atomic E-state index is 0.757. The number of nitrogens with one attached hydrogen (secondary N) is 1. The van der Waals surface area contributed by atoms with Crippen LogP contribution in [-0.2, 0) is 6.54 Å². The number of aryl methyl sites for hydroxylation is 1. The van der Waals surface area contributed by atoms with Gasteiger partial charge in [0.25, 0.3) is 0 Å². The highest BCUT2D eigenvalue weighted by molar-refractivity contribution is 9.10. The standard InChI is InChI=1S/C14H13BrClN/c1-10-2-3-11(14(15)8-10)9-17-13-6-4-12(16)5-7-13/h2-8,17H,9H2,1H3. The van der Waals surface area contributed by atoms with Crippen LogP contribution in [0.3, 0.4) is 0 Å². The highest BCUT2D eigenvalue weighted by Gasteiger charge is 2.00. The van der Waals surface area contributed by atoms with Crippen LogP contribution in [0.5, 0.6) is 0 Å². The Labute approximate surface area is 115 Å². The zero-order valence-electron chi connectivity index (χ0n) is 9.50. The van der Waals surface area contributed by atoms with Crippen LogP contribution < -0.4 is 5.32 Å². The van der Waals surface area contributed by atoms with Gasteiger partial charge < -0.3 is 5.32 Å². The van der Waals surface area contributed by atoms with E-state index >= 15 is 0 Å². The second-order valence-corrected chi connectivity index (χ2v) is 5.25. The van der Waals surface area contributed by atoms with Gasteiger partial charge in [-0.05, 0) is 48.4 Å². The molecule has 1 nitrogen and oxygen atoms in total. The molecule has 0 aromatic heterocycles. The molecule has 0 aliphatic rings. The summed E-state index contributed by atoms with van der Waals surface area (Å²) in [7, 11) is 0. The summed E-state index contributed by atoms with van der Waals surface area (Å²) >= 11 is 9.41. The van der Waals surface area contributed by atoms with Crippen LogP contribution in [0.15, 0.2) is 46.9 Å². The van der Waals surface area contributed by atoms with E-state index in [0.29, 0.717) is 0 Å². The van der Waals surface area contributed by atoms with Gasteiger partial charge in [-0.25, -0.2) is 0 Å². The molecule has 1 N–H and O–H groups in total. The molecule has 0 spiro atoms. The largest absolute Gasteiger partial charge is 0.381 e. The summed E-state index contributed by atoms with van der Waals surface area (Å²) in [6.45, 7) is 2.88. The molecule has 88 valence electrons. The monoisotopic (exact) mass is 309 g/mol. The Morgan fingerprint density at radius 3 is 2.47 bits per heavy atom. The third kappa shape index (κ3) is 3.48. The Hall–Kier alpha value is -0.990. The van der Waals surface area contributed by atoms with Gasteiger partial charge in [0.2, 0.25) is 0 Å². The van der Waals surface area contributed by atoms with E-state index in [1.54, 1.807) is 0 Å². The smallest absolute Gasteiger partial charge is 0.0411 e. The van der Waals surface area contributed by atoms with Crippen LogP contribution in [0.4, 0.5) is 5.69 Å². The lowest BCUT2D eigenvalue weighted by Gasteiger charge is -2.09. The van der Waals surface area contributed by atoms with E-state index in [4.69, 9.17) is 11.6 Å². The van der Waals surface area contributed by atoms with Crippen molar-refractivity contribution in [1.29, 1.82) is 0 Å². The molecule has 0 aliphatic heterocycles. The van der Waals surface area contributed by atoms with Gasteiger partial charge in [0.15, 0.2) is 0 Å². The predicted molar refractivity (Wildman–Crippen MR) is 77.7 cm³/mol. The molecule has 0 saturated heterocycles. The first-order chi connectivity index (χ1) is 8.15. The van der Waals surface area contributed by atoms with E-state index in [0.717, 1.165) is 21.7 Å². The highest BCUT2D eigenvalue weighted by Crippen LogP contribution is 2.20. The highest BCUT2D eigenvalue weighted by atomic mass is 79.9. The second kappa shape index (κ2) is 5.56. The quantitative estimate of drug-likeness (QED) is 0.839. The molecule has 3 heteroatoms. The fourth-order valence-corrected chi connectivity index (χ4v) is 2.32. The van der Waals surface area contributed by atoms with Gasteiger partial charge in [0.05, 0.1) is 0 Å². The van der Waals surface area contributed by atoms with E-state index in [2.05, 4.69) is 46.4 Å². The Kier molecular flexibility index (Phi) is 4.08. The lowest BCUT2D eigenvalue weighted by Crippen LogP contribution is -2.00. The van der Waals surface area contributed by atoms with Crippen molar-refractivity contribution in [3.8, 4) is 0 Å². The molecule has 0 fully saturated rings. The third-order valence-corrected chi connectivity index (χ3v) is 3.53. The fraction of sp³-hybridized carbons (Fsp3) is 0.143. The first-order valence-corrected chi connectivity index (χ1v) is 6.57. The summed E-state index contributed by atoms with van der Waals surface area (Å²) in [5.41, 5.74) is 3.57. The van der Waals surface area contributed by atoms with Crippen LogP contribution in [0.1, 0.15) is 11.1 Å². The molecule has 2 aromatic rings. The molecular formula is C14H13BrClN.